The molecule has 1 N–H and O–H groups in total. The summed E-state index contributed by atoms with van der Waals surface area (Å²) in [6, 6.07) is 14.5. The fourth-order valence-corrected chi connectivity index (χ4v) is 3.91. The number of pyridine rings is 1. The number of benzene rings is 2. The van der Waals surface area contributed by atoms with Crippen LogP contribution in [0.2, 0.25) is 0 Å². The van der Waals surface area contributed by atoms with Gasteiger partial charge in [-0.2, -0.15) is 0 Å². The van der Waals surface area contributed by atoms with Gasteiger partial charge < -0.3 is 20.1 Å². The Balaban J connectivity index is 1.50. The Hall–Kier alpha value is -2.09. The Bertz CT molecular complexity index is 1100. The van der Waals surface area contributed by atoms with Crippen LogP contribution in [-0.2, 0) is 3.79 Å². The maximum Gasteiger partial charge on any atom is 0.254 e. The van der Waals surface area contributed by atoms with E-state index in [0.29, 0.717) is 42.8 Å². The molecule has 1 aliphatic rings. The van der Waals surface area contributed by atoms with E-state index in [1.807, 2.05) is 24.3 Å². The topological polar surface area (TPSA) is 68.3 Å². The van der Waals surface area contributed by atoms with E-state index in [-0.39, 0.29) is 10.6 Å². The standard InChI is InChI=1S/C22H21Cl3N4O2/c1-29(31)12-10-28(11-13-29)21(30)15-2-5-17(6-3-15)27-19-8-9-26-20-14-16(22(23,24)25)4-7-18(19)20/h2-9,14H,10-13H2,1H3,(H,26,27). The summed E-state index contributed by atoms with van der Waals surface area (Å²) in [6.07, 6.45) is 1.68. The molecule has 162 valence electrons. The lowest BCUT2D eigenvalue weighted by molar-refractivity contribution is -0.864. The largest absolute Gasteiger partial charge is 0.633 e. The summed E-state index contributed by atoms with van der Waals surface area (Å²) in [7, 11) is 1.64. The lowest BCUT2D eigenvalue weighted by Gasteiger charge is -2.45. The monoisotopic (exact) mass is 478 g/mol. The van der Waals surface area contributed by atoms with Crippen molar-refractivity contribution in [3.05, 3.63) is 71.1 Å². The van der Waals surface area contributed by atoms with E-state index >= 15 is 0 Å². The summed E-state index contributed by atoms with van der Waals surface area (Å²) in [5.41, 5.74) is 3.53. The number of amides is 1. The molecular formula is C22H21Cl3N4O2. The normalized spacial score (nSPS) is 16.4. The molecule has 0 unspecified atom stereocenters. The number of nitrogens with zero attached hydrogens (tertiary/aromatic N) is 3. The van der Waals surface area contributed by atoms with E-state index in [9.17, 15) is 10.0 Å². The molecule has 1 aliphatic heterocycles. The number of hydrogen-bond acceptors (Lipinski definition) is 4. The number of hydrogen-bond donors (Lipinski definition) is 1. The highest BCUT2D eigenvalue weighted by molar-refractivity contribution is 6.66. The van der Waals surface area contributed by atoms with Crippen LogP contribution in [0, 0.1) is 5.21 Å². The van der Waals surface area contributed by atoms with Crippen LogP contribution in [-0.4, -0.2) is 53.7 Å². The lowest BCUT2D eigenvalue weighted by Crippen LogP contribution is -2.55. The van der Waals surface area contributed by atoms with Crippen LogP contribution in [0.4, 0.5) is 11.4 Å². The van der Waals surface area contributed by atoms with Crippen molar-refractivity contribution in [3.8, 4) is 0 Å². The van der Waals surface area contributed by atoms with Crippen molar-refractivity contribution in [1.29, 1.82) is 0 Å². The van der Waals surface area contributed by atoms with Gasteiger partial charge in [-0.25, -0.2) is 0 Å². The average molecular weight is 480 g/mol. The van der Waals surface area contributed by atoms with Gasteiger partial charge in [-0.3, -0.25) is 9.78 Å². The molecule has 1 fully saturated rings. The third-order valence-corrected chi connectivity index (χ3v) is 6.11. The van der Waals surface area contributed by atoms with Crippen molar-refractivity contribution >= 4 is 63.0 Å². The highest BCUT2D eigenvalue weighted by atomic mass is 35.6. The molecule has 2 heterocycles. The second kappa shape index (κ2) is 8.45. The third-order valence-electron chi connectivity index (χ3n) is 5.45. The number of rotatable bonds is 3. The van der Waals surface area contributed by atoms with Crippen LogP contribution < -0.4 is 5.32 Å². The van der Waals surface area contributed by atoms with Gasteiger partial charge in [0, 0.05) is 34.1 Å². The minimum atomic E-state index is -1.51. The van der Waals surface area contributed by atoms with Gasteiger partial charge >= 0.3 is 0 Å². The van der Waals surface area contributed by atoms with E-state index in [1.54, 1.807) is 42.4 Å². The molecule has 1 aromatic heterocycles. The van der Waals surface area contributed by atoms with Crippen molar-refractivity contribution < 1.29 is 9.44 Å². The first-order valence-corrected chi connectivity index (χ1v) is 10.9. The fraction of sp³-hybridized carbons (Fsp3) is 0.273. The van der Waals surface area contributed by atoms with Crippen molar-refractivity contribution in [3.63, 3.8) is 0 Å². The maximum absolute atomic E-state index is 12.7. The summed E-state index contributed by atoms with van der Waals surface area (Å²) < 4.78 is -1.81. The molecule has 3 aromatic rings. The predicted molar refractivity (Wildman–Crippen MR) is 126 cm³/mol. The Morgan fingerprint density at radius 1 is 1.10 bits per heavy atom. The van der Waals surface area contributed by atoms with E-state index < -0.39 is 3.79 Å². The second-order valence-corrected chi connectivity index (χ2v) is 10.1. The number of hydroxylamine groups is 3. The fourth-order valence-electron chi connectivity index (χ4n) is 3.56. The molecule has 0 aliphatic carbocycles. The van der Waals surface area contributed by atoms with Crippen LogP contribution in [0.25, 0.3) is 10.9 Å². The summed E-state index contributed by atoms with van der Waals surface area (Å²) >= 11 is 17.9. The van der Waals surface area contributed by atoms with E-state index in [1.165, 1.54) is 0 Å². The Kier molecular flexibility index (Phi) is 6.03. The number of carbonyl (C=O) groups is 1. The number of anilines is 2. The zero-order valence-corrected chi connectivity index (χ0v) is 19.1. The minimum absolute atomic E-state index is 0.0557. The SMILES string of the molecule is C[N+]1([O-])CCN(C(=O)c2ccc(Nc3ccnc4cc(C(Cl)(Cl)Cl)ccc34)cc2)CC1. The van der Waals surface area contributed by atoms with Crippen LogP contribution in [0.3, 0.4) is 0 Å². The van der Waals surface area contributed by atoms with Gasteiger partial charge in [0.15, 0.2) is 0 Å². The molecule has 9 heteroatoms. The van der Waals surface area contributed by atoms with Crippen LogP contribution in [0.15, 0.2) is 54.7 Å². The molecule has 1 saturated heterocycles. The number of fused-ring (bicyclic) bond motifs is 1. The van der Waals surface area contributed by atoms with Crippen molar-refractivity contribution in [2.75, 3.05) is 38.5 Å². The first-order chi connectivity index (χ1) is 14.6. The Morgan fingerprint density at radius 2 is 1.77 bits per heavy atom. The molecule has 0 spiro atoms. The van der Waals surface area contributed by atoms with Crippen LogP contribution >= 0.6 is 34.8 Å². The van der Waals surface area contributed by atoms with Crippen molar-refractivity contribution in [2.45, 2.75) is 3.79 Å². The first kappa shape index (κ1) is 22.1. The Morgan fingerprint density at radius 3 is 2.42 bits per heavy atom. The average Bonchev–Trinajstić information content (AvgIpc) is 2.73. The quantitative estimate of drug-likeness (QED) is 0.318. The molecule has 6 nitrogen and oxygen atoms in total. The number of alkyl halides is 3. The van der Waals surface area contributed by atoms with E-state index in [0.717, 1.165) is 16.8 Å². The van der Waals surface area contributed by atoms with Gasteiger partial charge in [0.05, 0.1) is 38.7 Å². The van der Waals surface area contributed by atoms with Gasteiger partial charge in [-0.1, -0.05) is 46.9 Å². The molecular weight excluding hydrogens is 459 g/mol. The van der Waals surface area contributed by atoms with Gasteiger partial charge in [0.25, 0.3) is 5.91 Å². The number of nitrogens with one attached hydrogen (secondary N) is 1. The summed E-state index contributed by atoms with van der Waals surface area (Å²) in [5, 5.41) is 16.2. The van der Waals surface area contributed by atoms with Crippen LogP contribution in [0.1, 0.15) is 15.9 Å². The van der Waals surface area contributed by atoms with Crippen LogP contribution in [0.5, 0.6) is 0 Å². The number of quaternary nitrogens is 1. The number of carbonyl (C=O) groups excluding carboxylic acids is 1. The second-order valence-electron chi connectivity index (χ2n) is 7.83. The summed E-state index contributed by atoms with van der Waals surface area (Å²) in [6.45, 7) is 1.77. The summed E-state index contributed by atoms with van der Waals surface area (Å²) in [5.74, 6) is -0.0557. The van der Waals surface area contributed by atoms with Crippen molar-refractivity contribution in [1.82, 2.24) is 9.88 Å². The zero-order valence-electron chi connectivity index (χ0n) is 16.8. The molecule has 0 atom stereocenters. The Labute approximate surface area is 195 Å². The number of piperazine rings is 1. The van der Waals surface area contributed by atoms with Gasteiger partial charge in [-0.05, 0) is 36.4 Å². The lowest BCUT2D eigenvalue weighted by atomic mass is 10.1. The zero-order chi connectivity index (χ0) is 22.2. The summed E-state index contributed by atoms with van der Waals surface area (Å²) in [4.78, 5) is 18.8. The van der Waals surface area contributed by atoms with Crippen molar-refractivity contribution in [2.24, 2.45) is 0 Å². The van der Waals surface area contributed by atoms with E-state index in [4.69, 9.17) is 34.8 Å². The third kappa shape index (κ3) is 5.05. The predicted octanol–water partition coefficient (Wildman–Crippen LogP) is 5.21. The first-order valence-electron chi connectivity index (χ1n) is 9.80. The molecule has 0 bridgehead atoms. The van der Waals surface area contributed by atoms with Gasteiger partial charge in [0.2, 0.25) is 3.79 Å². The number of aromatic nitrogens is 1. The number of halogens is 3. The number of likely N-dealkylation sites (N-methyl/N-ethyl adjacent to an activating group) is 1. The maximum atomic E-state index is 12.7. The van der Waals surface area contributed by atoms with Gasteiger partial charge in [-0.15, -0.1) is 0 Å². The molecule has 2 aromatic carbocycles. The van der Waals surface area contributed by atoms with Gasteiger partial charge in [0.1, 0.15) is 0 Å². The smallest absolute Gasteiger partial charge is 0.254 e. The molecule has 0 radical (unpaired) electrons. The molecule has 4 rings (SSSR count). The minimum Gasteiger partial charge on any atom is -0.633 e. The highest BCUT2D eigenvalue weighted by Crippen LogP contribution is 2.39. The highest BCUT2D eigenvalue weighted by Gasteiger charge is 2.26. The molecule has 0 saturated carbocycles. The molecule has 31 heavy (non-hydrogen) atoms. The van der Waals surface area contributed by atoms with E-state index in [2.05, 4.69) is 10.3 Å². The molecule has 1 amide bonds.